The Morgan fingerprint density at radius 1 is 1.11 bits per heavy atom. The predicted octanol–water partition coefficient (Wildman–Crippen LogP) is 3.61. The Morgan fingerprint density at radius 3 is 2.41 bits per heavy atom. The number of nitrogens with zero attached hydrogens (tertiary/aromatic N) is 2. The lowest BCUT2D eigenvalue weighted by atomic mass is 10.1. The highest BCUT2D eigenvalue weighted by molar-refractivity contribution is 6.30. The molecule has 3 aromatic rings. The van der Waals surface area contributed by atoms with Crippen LogP contribution in [-0.4, -0.2) is 29.7 Å². The number of hydrogen-bond donors (Lipinski definition) is 1. The Kier molecular flexibility index (Phi) is 5.66. The van der Waals surface area contributed by atoms with Crippen molar-refractivity contribution < 1.29 is 14.3 Å². The van der Waals surface area contributed by atoms with Gasteiger partial charge < -0.3 is 19.4 Å². The van der Waals surface area contributed by atoms with Crippen LogP contribution in [-0.2, 0) is 7.05 Å². The summed E-state index contributed by atoms with van der Waals surface area (Å²) < 4.78 is 12.4. The monoisotopic (exact) mass is 385 g/mol. The highest BCUT2D eigenvalue weighted by atomic mass is 35.5. The van der Waals surface area contributed by atoms with E-state index in [0.29, 0.717) is 27.9 Å². The molecular weight excluding hydrogens is 366 g/mol. The summed E-state index contributed by atoms with van der Waals surface area (Å²) in [6.07, 6.45) is 3.53. The van der Waals surface area contributed by atoms with E-state index in [-0.39, 0.29) is 5.91 Å². The minimum absolute atomic E-state index is 0.251. The van der Waals surface area contributed by atoms with E-state index in [1.807, 2.05) is 29.9 Å². The Morgan fingerprint density at radius 2 is 1.81 bits per heavy atom. The van der Waals surface area contributed by atoms with Crippen molar-refractivity contribution >= 4 is 17.5 Å². The van der Waals surface area contributed by atoms with Gasteiger partial charge >= 0.3 is 0 Å². The van der Waals surface area contributed by atoms with Crippen LogP contribution in [0.25, 0.3) is 0 Å². The fourth-order valence-electron chi connectivity index (χ4n) is 2.80. The van der Waals surface area contributed by atoms with Gasteiger partial charge in [0.1, 0.15) is 11.9 Å². The van der Waals surface area contributed by atoms with E-state index in [9.17, 15) is 4.79 Å². The maximum absolute atomic E-state index is 12.9. The SMILES string of the molecule is COc1ccc(C(=O)N[C@@H](c2ccc(Cl)cc2)c2nccn2C)cc1OC. The summed E-state index contributed by atoms with van der Waals surface area (Å²) in [5, 5.41) is 3.67. The summed E-state index contributed by atoms with van der Waals surface area (Å²) in [5.74, 6) is 1.52. The Labute approximate surface area is 162 Å². The molecular formula is C20H20ClN3O3. The van der Waals surface area contributed by atoms with Gasteiger partial charge in [-0.25, -0.2) is 4.98 Å². The number of benzene rings is 2. The third-order valence-electron chi connectivity index (χ3n) is 4.24. The summed E-state index contributed by atoms with van der Waals surface area (Å²) in [6, 6.07) is 11.9. The van der Waals surface area contributed by atoms with Crippen LogP contribution in [0.4, 0.5) is 0 Å². The summed E-state index contributed by atoms with van der Waals surface area (Å²) in [4.78, 5) is 17.3. The predicted molar refractivity (Wildman–Crippen MR) is 104 cm³/mol. The molecule has 6 nitrogen and oxygen atoms in total. The van der Waals surface area contributed by atoms with Crippen molar-refractivity contribution in [3.63, 3.8) is 0 Å². The second-order valence-corrected chi connectivity index (χ2v) is 6.36. The van der Waals surface area contributed by atoms with Crippen LogP contribution in [0.15, 0.2) is 54.9 Å². The van der Waals surface area contributed by atoms with Gasteiger partial charge in [-0.2, -0.15) is 0 Å². The minimum Gasteiger partial charge on any atom is -0.493 e. The zero-order valence-electron chi connectivity index (χ0n) is 15.3. The number of amides is 1. The number of rotatable bonds is 6. The molecule has 1 N–H and O–H groups in total. The van der Waals surface area contributed by atoms with E-state index < -0.39 is 6.04 Å². The van der Waals surface area contributed by atoms with Crippen molar-refractivity contribution in [2.24, 2.45) is 7.05 Å². The van der Waals surface area contributed by atoms with Gasteiger partial charge in [0.25, 0.3) is 5.91 Å². The molecule has 0 radical (unpaired) electrons. The minimum atomic E-state index is -0.428. The molecule has 0 aliphatic carbocycles. The van der Waals surface area contributed by atoms with Gasteiger partial charge in [0.05, 0.1) is 14.2 Å². The number of imidazole rings is 1. The molecule has 0 aliphatic heterocycles. The van der Waals surface area contributed by atoms with Gasteiger partial charge in [-0.05, 0) is 35.9 Å². The third-order valence-corrected chi connectivity index (χ3v) is 4.49. The lowest BCUT2D eigenvalue weighted by Gasteiger charge is -2.20. The average Bonchev–Trinajstić information content (AvgIpc) is 3.11. The van der Waals surface area contributed by atoms with E-state index in [1.165, 1.54) is 7.11 Å². The number of aryl methyl sites for hydroxylation is 1. The molecule has 2 aromatic carbocycles. The zero-order chi connectivity index (χ0) is 19.4. The Hall–Kier alpha value is -2.99. The van der Waals surface area contributed by atoms with E-state index in [2.05, 4.69) is 10.3 Å². The number of nitrogens with one attached hydrogen (secondary N) is 1. The van der Waals surface area contributed by atoms with Crippen LogP contribution in [0.5, 0.6) is 11.5 Å². The number of ether oxygens (including phenoxy) is 2. The van der Waals surface area contributed by atoms with Crippen LogP contribution < -0.4 is 14.8 Å². The van der Waals surface area contributed by atoms with Gasteiger partial charge in [-0.3, -0.25) is 4.79 Å². The number of carbonyl (C=O) groups is 1. The Balaban J connectivity index is 1.93. The topological polar surface area (TPSA) is 65.4 Å². The molecule has 1 amide bonds. The van der Waals surface area contributed by atoms with Gasteiger partial charge in [-0.15, -0.1) is 0 Å². The first-order chi connectivity index (χ1) is 13.0. The molecule has 0 bridgehead atoms. The smallest absolute Gasteiger partial charge is 0.252 e. The maximum atomic E-state index is 12.9. The fourth-order valence-corrected chi connectivity index (χ4v) is 2.93. The van der Waals surface area contributed by atoms with Crippen LogP contribution >= 0.6 is 11.6 Å². The molecule has 0 fully saturated rings. The van der Waals surface area contributed by atoms with Crippen molar-refractivity contribution in [1.29, 1.82) is 0 Å². The molecule has 7 heteroatoms. The molecule has 1 heterocycles. The van der Waals surface area contributed by atoms with Crippen LogP contribution in [0.2, 0.25) is 5.02 Å². The second-order valence-electron chi connectivity index (χ2n) is 5.92. The molecule has 1 aromatic heterocycles. The molecule has 0 saturated carbocycles. The first kappa shape index (κ1) is 18.8. The first-order valence-corrected chi connectivity index (χ1v) is 8.67. The van der Waals surface area contributed by atoms with Crippen molar-refractivity contribution in [1.82, 2.24) is 14.9 Å². The summed E-state index contributed by atoms with van der Waals surface area (Å²) in [7, 11) is 4.97. The lowest BCUT2D eigenvalue weighted by Crippen LogP contribution is -2.31. The number of hydrogen-bond acceptors (Lipinski definition) is 4. The largest absolute Gasteiger partial charge is 0.493 e. The number of halogens is 1. The number of carbonyl (C=O) groups excluding carboxylic acids is 1. The van der Waals surface area contributed by atoms with Crippen LogP contribution in [0.1, 0.15) is 27.8 Å². The molecule has 0 unspecified atom stereocenters. The molecule has 0 aliphatic rings. The first-order valence-electron chi connectivity index (χ1n) is 8.29. The summed E-state index contributed by atoms with van der Waals surface area (Å²) >= 11 is 6.00. The standard InChI is InChI=1S/C20H20ClN3O3/c1-24-11-10-22-19(24)18(13-4-7-15(21)8-5-13)23-20(25)14-6-9-16(26-2)17(12-14)27-3/h4-12,18H,1-3H3,(H,23,25)/t18-/m0/s1. The molecule has 1 atom stereocenters. The summed E-state index contributed by atoms with van der Waals surface area (Å²) in [5.41, 5.74) is 1.34. The number of methoxy groups -OCH3 is 2. The molecule has 0 spiro atoms. The van der Waals surface area contributed by atoms with Gasteiger partial charge in [-0.1, -0.05) is 23.7 Å². The van der Waals surface area contributed by atoms with Crippen molar-refractivity contribution in [2.45, 2.75) is 6.04 Å². The normalized spacial score (nSPS) is 11.7. The van der Waals surface area contributed by atoms with Gasteiger partial charge in [0, 0.05) is 30.0 Å². The van der Waals surface area contributed by atoms with Crippen LogP contribution in [0, 0.1) is 0 Å². The average molecular weight is 386 g/mol. The van der Waals surface area contributed by atoms with Gasteiger partial charge in [0.2, 0.25) is 0 Å². The second kappa shape index (κ2) is 8.14. The molecule has 27 heavy (non-hydrogen) atoms. The fraction of sp³-hybridized carbons (Fsp3) is 0.200. The van der Waals surface area contributed by atoms with Crippen LogP contribution in [0.3, 0.4) is 0 Å². The Bertz CT molecular complexity index is 938. The van der Waals surface area contributed by atoms with Crippen molar-refractivity contribution in [2.75, 3.05) is 14.2 Å². The zero-order valence-corrected chi connectivity index (χ0v) is 16.0. The number of aromatic nitrogens is 2. The highest BCUT2D eigenvalue weighted by Gasteiger charge is 2.22. The molecule has 140 valence electrons. The van der Waals surface area contributed by atoms with E-state index in [1.54, 1.807) is 43.6 Å². The van der Waals surface area contributed by atoms with E-state index in [4.69, 9.17) is 21.1 Å². The highest BCUT2D eigenvalue weighted by Crippen LogP contribution is 2.28. The lowest BCUT2D eigenvalue weighted by molar-refractivity contribution is 0.0940. The van der Waals surface area contributed by atoms with Gasteiger partial charge in [0.15, 0.2) is 11.5 Å². The summed E-state index contributed by atoms with van der Waals surface area (Å²) in [6.45, 7) is 0. The molecule has 3 rings (SSSR count). The third kappa shape index (κ3) is 4.06. The van der Waals surface area contributed by atoms with Crippen molar-refractivity contribution in [3.8, 4) is 11.5 Å². The van der Waals surface area contributed by atoms with E-state index in [0.717, 1.165) is 5.56 Å². The van der Waals surface area contributed by atoms with E-state index >= 15 is 0 Å². The maximum Gasteiger partial charge on any atom is 0.252 e. The molecule has 0 saturated heterocycles. The van der Waals surface area contributed by atoms with Crippen molar-refractivity contribution in [3.05, 3.63) is 76.8 Å². The quantitative estimate of drug-likeness (QED) is 0.704.